The van der Waals surface area contributed by atoms with Crippen LogP contribution in [-0.4, -0.2) is 45.8 Å². The Morgan fingerprint density at radius 1 is 1.33 bits per heavy atom. The van der Waals surface area contributed by atoms with E-state index < -0.39 is 0 Å². The fourth-order valence-electron chi connectivity index (χ4n) is 3.02. The number of allylic oxidation sites excluding steroid dienone is 1. The van der Waals surface area contributed by atoms with Gasteiger partial charge in [-0.2, -0.15) is 0 Å². The Morgan fingerprint density at radius 3 is 3.00 bits per heavy atom. The molecule has 1 N–H and O–H groups in total. The number of fused-ring (bicyclic) bond motifs is 1. The molecule has 0 saturated heterocycles. The standard InChI is InChI=1S/C18H32N6/c1-4-6-7-8-10-13-23(3)18(19-5-2)20-15-17-22-21-16-12-9-11-14-24(16)17/h4H,1,5-15H2,2-3H3,(H,19,20). The van der Waals surface area contributed by atoms with Crippen LogP contribution in [0.4, 0.5) is 0 Å². The summed E-state index contributed by atoms with van der Waals surface area (Å²) in [5.41, 5.74) is 0. The molecule has 0 amide bonds. The summed E-state index contributed by atoms with van der Waals surface area (Å²) in [4.78, 5) is 6.98. The highest BCUT2D eigenvalue weighted by atomic mass is 15.3. The van der Waals surface area contributed by atoms with Gasteiger partial charge in [0, 0.05) is 33.1 Å². The maximum Gasteiger partial charge on any atom is 0.194 e. The number of aliphatic imine (C=N–C) groups is 1. The zero-order valence-electron chi connectivity index (χ0n) is 15.3. The van der Waals surface area contributed by atoms with Gasteiger partial charge in [0.1, 0.15) is 12.4 Å². The summed E-state index contributed by atoms with van der Waals surface area (Å²) in [6.07, 6.45) is 10.2. The summed E-state index contributed by atoms with van der Waals surface area (Å²) < 4.78 is 2.24. The van der Waals surface area contributed by atoms with Crippen LogP contribution in [0.2, 0.25) is 0 Å². The molecule has 1 aromatic rings. The number of hydrogen-bond donors (Lipinski definition) is 1. The van der Waals surface area contributed by atoms with Gasteiger partial charge >= 0.3 is 0 Å². The smallest absolute Gasteiger partial charge is 0.194 e. The fraction of sp³-hybridized carbons (Fsp3) is 0.722. The second-order valence-corrected chi connectivity index (χ2v) is 6.37. The highest BCUT2D eigenvalue weighted by Gasteiger charge is 2.15. The zero-order chi connectivity index (χ0) is 17.2. The molecule has 6 heteroatoms. The summed E-state index contributed by atoms with van der Waals surface area (Å²) in [7, 11) is 2.11. The van der Waals surface area contributed by atoms with E-state index in [2.05, 4.69) is 45.5 Å². The molecule has 0 saturated carbocycles. The molecule has 6 nitrogen and oxygen atoms in total. The molecule has 1 aliphatic heterocycles. The fourth-order valence-corrected chi connectivity index (χ4v) is 3.02. The third-order valence-electron chi connectivity index (χ3n) is 4.40. The molecule has 0 unspecified atom stereocenters. The summed E-state index contributed by atoms with van der Waals surface area (Å²) >= 11 is 0. The minimum absolute atomic E-state index is 0.593. The Morgan fingerprint density at radius 2 is 2.21 bits per heavy atom. The number of hydrogen-bond acceptors (Lipinski definition) is 3. The van der Waals surface area contributed by atoms with Crippen LogP contribution in [0.1, 0.15) is 57.1 Å². The molecule has 134 valence electrons. The molecular weight excluding hydrogens is 300 g/mol. The second-order valence-electron chi connectivity index (χ2n) is 6.37. The number of aryl methyl sites for hydroxylation is 1. The predicted molar refractivity (Wildman–Crippen MR) is 99.1 cm³/mol. The lowest BCUT2D eigenvalue weighted by atomic mass is 10.2. The zero-order valence-corrected chi connectivity index (χ0v) is 15.3. The summed E-state index contributed by atoms with van der Waals surface area (Å²) in [6, 6.07) is 0. The van der Waals surface area contributed by atoms with Crippen molar-refractivity contribution in [1.82, 2.24) is 25.0 Å². The van der Waals surface area contributed by atoms with Crippen LogP contribution in [0.15, 0.2) is 17.6 Å². The van der Waals surface area contributed by atoms with E-state index in [1.54, 1.807) is 0 Å². The lowest BCUT2D eigenvalue weighted by molar-refractivity contribution is 0.454. The predicted octanol–water partition coefficient (Wildman–Crippen LogP) is 2.76. The van der Waals surface area contributed by atoms with Gasteiger partial charge in [0.25, 0.3) is 0 Å². The lowest BCUT2D eigenvalue weighted by Crippen LogP contribution is -2.39. The number of rotatable bonds is 9. The lowest BCUT2D eigenvalue weighted by Gasteiger charge is -2.22. The van der Waals surface area contributed by atoms with Gasteiger partial charge in [-0.1, -0.05) is 12.5 Å². The van der Waals surface area contributed by atoms with Gasteiger partial charge in [-0.25, -0.2) is 4.99 Å². The van der Waals surface area contributed by atoms with Gasteiger partial charge in [0.2, 0.25) is 0 Å². The third kappa shape index (κ3) is 5.35. The van der Waals surface area contributed by atoms with Crippen LogP contribution in [0.25, 0.3) is 0 Å². The summed E-state index contributed by atoms with van der Waals surface area (Å²) in [5.74, 6) is 3.06. The van der Waals surface area contributed by atoms with E-state index in [-0.39, 0.29) is 0 Å². The average Bonchev–Trinajstić information content (AvgIpc) is 3.01. The van der Waals surface area contributed by atoms with E-state index >= 15 is 0 Å². The Bertz CT molecular complexity index is 534. The highest BCUT2D eigenvalue weighted by molar-refractivity contribution is 5.79. The SMILES string of the molecule is C=CCCCCCN(C)C(=NCc1nnc2n1CCCC2)NCC. The first kappa shape index (κ1) is 18.5. The second kappa shape index (κ2) is 10.1. The van der Waals surface area contributed by atoms with Crippen molar-refractivity contribution in [2.45, 2.75) is 65.0 Å². The molecule has 0 atom stereocenters. The van der Waals surface area contributed by atoms with Crippen molar-refractivity contribution in [2.24, 2.45) is 4.99 Å². The molecule has 0 fully saturated rings. The highest BCUT2D eigenvalue weighted by Crippen LogP contribution is 2.14. The van der Waals surface area contributed by atoms with E-state index in [9.17, 15) is 0 Å². The largest absolute Gasteiger partial charge is 0.357 e. The number of unbranched alkanes of at least 4 members (excludes halogenated alkanes) is 3. The Hall–Kier alpha value is -1.85. The minimum atomic E-state index is 0.593. The van der Waals surface area contributed by atoms with Crippen LogP contribution in [0.5, 0.6) is 0 Å². The molecular formula is C18H32N6. The van der Waals surface area contributed by atoms with Crippen molar-refractivity contribution in [1.29, 1.82) is 0 Å². The van der Waals surface area contributed by atoms with Crippen LogP contribution >= 0.6 is 0 Å². The molecule has 0 aliphatic carbocycles. The van der Waals surface area contributed by atoms with Crippen LogP contribution in [-0.2, 0) is 19.5 Å². The first-order valence-corrected chi connectivity index (χ1v) is 9.27. The maximum atomic E-state index is 4.77. The topological polar surface area (TPSA) is 58.3 Å². The van der Waals surface area contributed by atoms with Crippen molar-refractivity contribution in [3.8, 4) is 0 Å². The third-order valence-corrected chi connectivity index (χ3v) is 4.40. The van der Waals surface area contributed by atoms with Gasteiger partial charge in [0.05, 0.1) is 0 Å². The van der Waals surface area contributed by atoms with Crippen molar-refractivity contribution in [2.75, 3.05) is 20.1 Å². The number of nitrogens with one attached hydrogen (secondary N) is 1. The normalized spacial score (nSPS) is 14.3. The molecule has 1 aromatic heterocycles. The van der Waals surface area contributed by atoms with E-state index in [1.165, 1.54) is 32.1 Å². The monoisotopic (exact) mass is 332 g/mol. The van der Waals surface area contributed by atoms with Crippen molar-refractivity contribution < 1.29 is 0 Å². The summed E-state index contributed by atoms with van der Waals surface area (Å²) in [6.45, 7) is 9.39. The van der Waals surface area contributed by atoms with E-state index in [1.807, 2.05) is 6.08 Å². The van der Waals surface area contributed by atoms with Gasteiger partial charge in [-0.05, 0) is 39.0 Å². The van der Waals surface area contributed by atoms with Crippen LogP contribution in [0, 0.1) is 0 Å². The number of guanidine groups is 1. The van der Waals surface area contributed by atoms with Gasteiger partial charge < -0.3 is 14.8 Å². The first-order valence-electron chi connectivity index (χ1n) is 9.27. The minimum Gasteiger partial charge on any atom is -0.357 e. The molecule has 24 heavy (non-hydrogen) atoms. The molecule has 2 heterocycles. The van der Waals surface area contributed by atoms with Gasteiger partial charge in [-0.15, -0.1) is 16.8 Å². The van der Waals surface area contributed by atoms with E-state index in [4.69, 9.17) is 4.99 Å². The Labute approximate surface area is 146 Å². The summed E-state index contributed by atoms with van der Waals surface area (Å²) in [5, 5.41) is 12.0. The number of aromatic nitrogens is 3. The number of nitrogens with zero attached hydrogens (tertiary/aromatic N) is 5. The molecule has 1 aliphatic rings. The Kier molecular flexibility index (Phi) is 7.79. The van der Waals surface area contributed by atoms with Crippen molar-refractivity contribution in [3.63, 3.8) is 0 Å². The quantitative estimate of drug-likeness (QED) is 0.327. The van der Waals surface area contributed by atoms with Crippen molar-refractivity contribution >= 4 is 5.96 Å². The molecule has 2 rings (SSSR count). The van der Waals surface area contributed by atoms with Crippen LogP contribution in [0.3, 0.4) is 0 Å². The average molecular weight is 332 g/mol. The van der Waals surface area contributed by atoms with Gasteiger partial charge in [0.15, 0.2) is 11.8 Å². The Balaban J connectivity index is 1.89. The van der Waals surface area contributed by atoms with Crippen molar-refractivity contribution in [3.05, 3.63) is 24.3 Å². The van der Waals surface area contributed by atoms with E-state index in [0.29, 0.717) is 6.54 Å². The first-order chi connectivity index (χ1) is 11.8. The van der Waals surface area contributed by atoms with Crippen LogP contribution < -0.4 is 5.32 Å². The van der Waals surface area contributed by atoms with E-state index in [0.717, 1.165) is 50.1 Å². The molecule has 0 aromatic carbocycles. The van der Waals surface area contributed by atoms with Gasteiger partial charge in [-0.3, -0.25) is 0 Å². The molecule has 0 bridgehead atoms. The molecule has 0 radical (unpaired) electrons. The molecule has 0 spiro atoms. The maximum absolute atomic E-state index is 4.77.